The topological polar surface area (TPSA) is 433 Å². The number of fused-ring (bicyclic) bond motifs is 2. The van der Waals surface area contributed by atoms with Gasteiger partial charge >= 0.3 is 17.9 Å². The summed E-state index contributed by atoms with van der Waals surface area (Å²) in [7, 11) is 1.40. The molecule has 30 nitrogen and oxygen atoms in total. The van der Waals surface area contributed by atoms with E-state index in [4.69, 9.17) is 26.0 Å². The second-order valence-electron chi connectivity index (χ2n) is 18.4. The first-order valence-electron chi connectivity index (χ1n) is 25.2. The number of aromatic nitrogens is 8. The summed E-state index contributed by atoms with van der Waals surface area (Å²) in [6.45, 7) is 8.72. The van der Waals surface area contributed by atoms with Gasteiger partial charge in [-0.25, -0.2) is 9.97 Å². The summed E-state index contributed by atoms with van der Waals surface area (Å²) >= 11 is 0. The van der Waals surface area contributed by atoms with Gasteiger partial charge in [0.2, 0.25) is 41.4 Å². The van der Waals surface area contributed by atoms with Gasteiger partial charge in [-0.1, -0.05) is 19.1 Å². The molecule has 0 fully saturated rings. The second kappa shape index (κ2) is 26.5. The number of carboxylic acids is 3. The van der Waals surface area contributed by atoms with E-state index in [1.165, 1.54) is 47.7 Å². The maximum absolute atomic E-state index is 14.0. The number of nitrogens with two attached hydrogens (primary N) is 2. The van der Waals surface area contributed by atoms with Gasteiger partial charge in [-0.05, 0) is 70.5 Å². The highest BCUT2D eigenvalue weighted by Gasteiger charge is 2.32. The molecule has 0 aliphatic rings. The summed E-state index contributed by atoms with van der Waals surface area (Å²) in [6.07, 6.45) is 0.866. The van der Waals surface area contributed by atoms with Gasteiger partial charge in [-0.15, -0.1) is 0 Å². The van der Waals surface area contributed by atoms with Crippen molar-refractivity contribution in [2.24, 2.45) is 17.4 Å². The third kappa shape index (κ3) is 14.9. The number of hydrogen-bond donors (Lipinski definition) is 10. The highest BCUT2D eigenvalue weighted by Crippen LogP contribution is 2.33. The molecule has 0 saturated carbocycles. The average molecular weight is 1120 g/mol. The molecule has 430 valence electrons. The van der Waals surface area contributed by atoms with E-state index in [0.29, 0.717) is 30.0 Å². The van der Waals surface area contributed by atoms with Crippen LogP contribution in [0.3, 0.4) is 0 Å². The lowest BCUT2D eigenvalue weighted by molar-refractivity contribution is -0.144. The van der Waals surface area contributed by atoms with Gasteiger partial charge in [-0.2, -0.15) is 10.2 Å². The Balaban J connectivity index is 1.29. The minimum atomic E-state index is -1.81. The Bertz CT molecular complexity index is 3480. The predicted molar refractivity (Wildman–Crippen MR) is 286 cm³/mol. The molecule has 30 heteroatoms. The van der Waals surface area contributed by atoms with Crippen LogP contribution in [0.4, 0.5) is 11.9 Å². The number of nitrogens with one attached hydrogen (secondary N) is 5. The van der Waals surface area contributed by atoms with Crippen LogP contribution in [0.5, 0.6) is 11.5 Å². The van der Waals surface area contributed by atoms with Gasteiger partial charge in [0, 0.05) is 49.8 Å². The summed E-state index contributed by atoms with van der Waals surface area (Å²) < 4.78 is 18.2. The Kier molecular flexibility index (Phi) is 19.6. The number of rotatable bonds is 29. The number of amides is 7. The van der Waals surface area contributed by atoms with E-state index in [-0.39, 0.29) is 95.1 Å². The molecule has 0 spiro atoms. The number of carbonyl (C=O) groups is 10. The molecule has 81 heavy (non-hydrogen) atoms. The fourth-order valence-corrected chi connectivity index (χ4v) is 8.48. The van der Waals surface area contributed by atoms with Crippen LogP contribution in [0.25, 0.3) is 22.1 Å². The zero-order valence-corrected chi connectivity index (χ0v) is 44.9. The van der Waals surface area contributed by atoms with Crippen molar-refractivity contribution in [1.29, 1.82) is 0 Å². The van der Waals surface area contributed by atoms with Gasteiger partial charge in [0.05, 0.1) is 55.4 Å². The number of benzene rings is 2. The van der Waals surface area contributed by atoms with E-state index < -0.39 is 96.5 Å². The van der Waals surface area contributed by atoms with E-state index in [2.05, 4.69) is 46.7 Å². The van der Waals surface area contributed by atoms with E-state index >= 15 is 0 Å². The van der Waals surface area contributed by atoms with Crippen molar-refractivity contribution in [1.82, 2.24) is 54.6 Å². The molecule has 4 aromatic heterocycles. The summed E-state index contributed by atoms with van der Waals surface area (Å²) in [5, 5.41) is 49.3. The van der Waals surface area contributed by atoms with Crippen molar-refractivity contribution in [3.63, 3.8) is 0 Å². The van der Waals surface area contributed by atoms with Crippen molar-refractivity contribution in [2.45, 2.75) is 98.6 Å². The molecule has 4 heterocycles. The Morgan fingerprint density at radius 2 is 1.07 bits per heavy atom. The Labute approximate surface area is 460 Å². The zero-order valence-electron chi connectivity index (χ0n) is 44.9. The molecule has 6 rings (SSSR count). The molecule has 3 atom stereocenters. The van der Waals surface area contributed by atoms with Crippen LogP contribution in [-0.2, 0) is 54.9 Å². The van der Waals surface area contributed by atoms with Crippen molar-refractivity contribution in [2.75, 3.05) is 30.9 Å². The van der Waals surface area contributed by atoms with Crippen molar-refractivity contribution in [3.8, 4) is 11.5 Å². The van der Waals surface area contributed by atoms with E-state index in [1.807, 2.05) is 13.8 Å². The highest BCUT2D eigenvalue weighted by atomic mass is 16.5. The lowest BCUT2D eigenvalue weighted by Crippen LogP contribution is -2.55. The molecule has 0 aliphatic heterocycles. The first-order valence-corrected chi connectivity index (χ1v) is 25.2. The zero-order chi connectivity index (χ0) is 59.4. The molecule has 0 radical (unpaired) electrons. The minimum absolute atomic E-state index is 0.00384. The number of imidazole rings is 2. The number of primary amides is 2. The first-order chi connectivity index (χ1) is 38.4. The molecule has 2 aromatic carbocycles. The number of aliphatic carboxylic acids is 3. The Hall–Kier alpha value is -10.2. The summed E-state index contributed by atoms with van der Waals surface area (Å²) in [5.41, 5.74) is 14.2. The molecular weight excluding hydrogens is 1060 g/mol. The molecule has 12 N–H and O–H groups in total. The largest absolute Gasteiger partial charge is 0.494 e. The van der Waals surface area contributed by atoms with Crippen molar-refractivity contribution < 1.29 is 72.7 Å². The minimum Gasteiger partial charge on any atom is -0.494 e. The SMILES string of the molecule is CCn1nc(C)cc1C(=O)Nc1nc2cc(C(N)=O)cc(OC)c2n1C/C=C/Cn1c(NC(=O)c2cc(C)nn2CC)nc2cc(C(N)=O)cc(OCCCNC(=O)[C@H](CC(=O)O)NC(=O)[C@H](CC(=O)O)NC(=O)[C@@H](C)CC(=O)O)c21. The fraction of sp³-hybridized carbons (Fsp3) is 0.373. The van der Waals surface area contributed by atoms with Crippen LogP contribution >= 0.6 is 0 Å². The molecule has 0 unspecified atom stereocenters. The monoisotopic (exact) mass is 1120 g/mol. The Morgan fingerprint density at radius 3 is 1.52 bits per heavy atom. The number of hydrogen-bond acceptors (Lipinski definition) is 16. The maximum atomic E-state index is 14.0. The van der Waals surface area contributed by atoms with E-state index in [0.717, 1.165) is 0 Å². The normalized spacial score (nSPS) is 12.4. The van der Waals surface area contributed by atoms with E-state index in [1.54, 1.807) is 47.3 Å². The van der Waals surface area contributed by atoms with Gasteiger partial charge in [0.15, 0.2) is 0 Å². The highest BCUT2D eigenvalue weighted by molar-refractivity contribution is 6.06. The van der Waals surface area contributed by atoms with Gasteiger partial charge < -0.3 is 61.3 Å². The standard InChI is InChI=1S/C51H61N15O15/c1-7-65-34(17-26(4)61-65)48(78)59-50-57-30-19-28(43(52)73)21-36(80-6)41(30)63(50)13-9-10-14-64-42-31(58-51(64)60-49(79)35-18-27(5)62-66(35)8-2)20-29(44(53)74)22-37(42)81-15-11-12-54-46(76)32(23-39(69)70)56-47(77)33(24-40(71)72)55-45(75)25(3)16-38(67)68/h9-10,17-22,25,32-33H,7-8,11-16,23-24H2,1-6H3,(H2,52,73)(H2,53,74)(H,54,76)(H,55,75)(H,56,77)(H,67,68)(H,69,70)(H,71,72)(H,57,59,78)(H,58,60,79)/b10-9+/t25-,32-,33-/m0/s1. The number of allylic oxidation sites excluding steroid dienone is 2. The van der Waals surface area contributed by atoms with Crippen molar-refractivity contribution in [3.05, 3.63) is 82.5 Å². The molecule has 0 saturated heterocycles. The molecule has 7 amide bonds. The quantitative estimate of drug-likeness (QED) is 0.0234. The van der Waals surface area contributed by atoms with Crippen LogP contribution in [0, 0.1) is 19.8 Å². The predicted octanol–water partition coefficient (Wildman–Crippen LogP) is 1.32. The van der Waals surface area contributed by atoms with E-state index in [9.17, 15) is 58.2 Å². The number of nitrogens with zero attached hydrogens (tertiary/aromatic N) is 8. The fourth-order valence-electron chi connectivity index (χ4n) is 8.48. The summed E-state index contributed by atoms with van der Waals surface area (Å²) in [5.74, 6) is -11.1. The number of ether oxygens (including phenoxy) is 2. The van der Waals surface area contributed by atoms with Gasteiger partial charge in [-0.3, -0.25) is 67.9 Å². The number of carbonyl (C=O) groups excluding carboxylic acids is 7. The van der Waals surface area contributed by atoms with Crippen LogP contribution in [0.1, 0.15) is 99.5 Å². The van der Waals surface area contributed by atoms with Gasteiger partial charge in [0.25, 0.3) is 11.8 Å². The van der Waals surface area contributed by atoms with Crippen LogP contribution in [-0.4, -0.2) is 146 Å². The van der Waals surface area contributed by atoms with Gasteiger partial charge in [0.1, 0.15) is 46.0 Å². The third-order valence-electron chi connectivity index (χ3n) is 12.3. The summed E-state index contributed by atoms with van der Waals surface area (Å²) in [6, 6.07) is 5.30. The number of methoxy groups -OCH3 is 1. The smallest absolute Gasteiger partial charge is 0.305 e. The van der Waals surface area contributed by atoms with Crippen molar-refractivity contribution >= 4 is 93.2 Å². The molecule has 0 aliphatic carbocycles. The van der Waals surface area contributed by atoms with Crippen LogP contribution in [0.2, 0.25) is 0 Å². The molecule has 0 bridgehead atoms. The van der Waals surface area contributed by atoms with Crippen LogP contribution in [0.15, 0.2) is 48.6 Å². The maximum Gasteiger partial charge on any atom is 0.305 e. The first kappa shape index (κ1) is 60.1. The second-order valence-corrected chi connectivity index (χ2v) is 18.4. The molecule has 6 aromatic rings. The number of aryl methyl sites for hydroxylation is 4. The third-order valence-corrected chi connectivity index (χ3v) is 12.3. The summed E-state index contributed by atoms with van der Waals surface area (Å²) in [4.78, 5) is 136. The lowest BCUT2D eigenvalue weighted by atomic mass is 10.1. The lowest BCUT2D eigenvalue weighted by Gasteiger charge is -2.22. The van der Waals surface area contributed by atoms with Crippen LogP contribution < -0.4 is 47.5 Å². The molecular formula is C51H61N15O15. The number of carboxylic acid groups (broad SMARTS) is 3. The average Bonchev–Trinajstić information content (AvgIpc) is 4.34. The Morgan fingerprint density at radius 1 is 0.630 bits per heavy atom. The number of anilines is 2.